The molecule has 0 aliphatic carbocycles. The third kappa shape index (κ3) is 9.31. The molecule has 2 aromatic rings. The summed E-state index contributed by atoms with van der Waals surface area (Å²) in [5.74, 6) is -2.79. The molecule has 45 heavy (non-hydrogen) atoms. The summed E-state index contributed by atoms with van der Waals surface area (Å²) in [5.41, 5.74) is 1.73. The molecule has 1 saturated heterocycles. The number of benzene rings is 2. The Morgan fingerprint density at radius 2 is 1.80 bits per heavy atom. The molecule has 0 bridgehead atoms. The van der Waals surface area contributed by atoms with E-state index in [4.69, 9.17) is 30.5 Å². The number of nitrogens with one attached hydrogen (secondary N) is 2. The summed E-state index contributed by atoms with van der Waals surface area (Å²) in [7, 11) is 1.50. The Morgan fingerprint density at radius 1 is 1.04 bits per heavy atom. The van der Waals surface area contributed by atoms with Crippen molar-refractivity contribution in [2.24, 2.45) is 11.8 Å². The van der Waals surface area contributed by atoms with E-state index in [0.29, 0.717) is 22.8 Å². The van der Waals surface area contributed by atoms with Crippen molar-refractivity contribution in [2.45, 2.75) is 76.9 Å². The SMILES string of the molecule is CCC[C@@H]1OC(=O)[C@H](C)CNC(=O)[C@@H](Cc2ccc(OC)c(Cl)c2)NC(=O)/C=C/C[C@@H]([C@H](C)[C@H]2O[C@@H]2c2ccccc2)OC1=O. The van der Waals surface area contributed by atoms with Gasteiger partial charge in [0.15, 0.2) is 6.10 Å². The lowest BCUT2D eigenvalue weighted by Crippen LogP contribution is -2.49. The van der Waals surface area contributed by atoms with E-state index in [0.717, 1.165) is 5.56 Å². The first-order valence-electron chi connectivity index (χ1n) is 15.3. The Bertz CT molecular complexity index is 1380. The van der Waals surface area contributed by atoms with Crippen LogP contribution in [0, 0.1) is 11.8 Å². The van der Waals surface area contributed by atoms with Gasteiger partial charge in [0, 0.05) is 25.3 Å². The number of carbonyl (C=O) groups excluding carboxylic acids is 4. The number of hydrogen-bond donors (Lipinski definition) is 2. The van der Waals surface area contributed by atoms with Gasteiger partial charge in [0.1, 0.15) is 24.0 Å². The third-order valence-corrected chi connectivity index (χ3v) is 8.30. The van der Waals surface area contributed by atoms with Crippen molar-refractivity contribution in [3.63, 3.8) is 0 Å². The average molecular weight is 641 g/mol. The van der Waals surface area contributed by atoms with Gasteiger partial charge in [-0.1, -0.05) is 81.3 Å². The molecule has 2 aliphatic rings. The summed E-state index contributed by atoms with van der Waals surface area (Å²) in [6.45, 7) is 5.35. The first kappa shape index (κ1) is 34.0. The maximum Gasteiger partial charge on any atom is 0.347 e. The molecule has 0 aromatic heterocycles. The molecule has 242 valence electrons. The first-order chi connectivity index (χ1) is 21.6. The number of halogens is 1. The lowest BCUT2D eigenvalue weighted by molar-refractivity contribution is -0.175. The Morgan fingerprint density at radius 3 is 2.49 bits per heavy atom. The predicted octanol–water partition coefficient (Wildman–Crippen LogP) is 4.49. The zero-order valence-electron chi connectivity index (χ0n) is 26.0. The molecule has 2 aliphatic heterocycles. The molecule has 2 aromatic carbocycles. The number of esters is 2. The van der Waals surface area contributed by atoms with Crippen LogP contribution in [-0.4, -0.2) is 61.8 Å². The smallest absolute Gasteiger partial charge is 0.347 e. The molecule has 0 saturated carbocycles. The zero-order valence-corrected chi connectivity index (χ0v) is 26.8. The summed E-state index contributed by atoms with van der Waals surface area (Å²) in [5, 5.41) is 5.85. The van der Waals surface area contributed by atoms with Crippen LogP contribution < -0.4 is 15.4 Å². The van der Waals surface area contributed by atoms with E-state index >= 15 is 0 Å². The molecule has 2 N–H and O–H groups in total. The standard InChI is InChI=1S/C34H41ClN2O8/c1-5-10-28-34(41)43-26(21(3)30-31(45-30)23-11-7-6-8-12-23)13-9-14-29(38)37-25(32(39)36-19-20(2)33(40)44-28)18-22-15-16-27(42-4)24(35)17-22/h6-9,11-12,14-17,20-21,25-26,28,30-31H,5,10,13,18-19H2,1-4H3,(H,36,39)(H,37,38)/b14-9+/t20-,21+,25-,26+,28+,30-,31-/m1/s1. The molecular weight excluding hydrogens is 600 g/mol. The molecule has 11 heteroatoms. The number of methoxy groups -OCH3 is 1. The van der Waals surface area contributed by atoms with Crippen molar-refractivity contribution in [1.29, 1.82) is 0 Å². The second kappa shape index (κ2) is 15.9. The Balaban J connectivity index is 1.56. The fraction of sp³-hybridized carbons (Fsp3) is 0.471. The minimum Gasteiger partial charge on any atom is -0.495 e. The van der Waals surface area contributed by atoms with Gasteiger partial charge in [-0.2, -0.15) is 0 Å². The first-order valence-corrected chi connectivity index (χ1v) is 15.7. The fourth-order valence-electron chi connectivity index (χ4n) is 5.26. The summed E-state index contributed by atoms with van der Waals surface area (Å²) < 4.78 is 22.8. The largest absolute Gasteiger partial charge is 0.495 e. The zero-order chi connectivity index (χ0) is 32.5. The van der Waals surface area contributed by atoms with Gasteiger partial charge < -0.3 is 29.6 Å². The Kier molecular flexibility index (Phi) is 12.0. The van der Waals surface area contributed by atoms with E-state index in [1.165, 1.54) is 13.2 Å². The van der Waals surface area contributed by atoms with Gasteiger partial charge in [-0.25, -0.2) is 4.79 Å². The lowest BCUT2D eigenvalue weighted by Gasteiger charge is -2.26. The van der Waals surface area contributed by atoms with Gasteiger partial charge in [0.05, 0.1) is 24.2 Å². The Hall–Kier alpha value is -3.89. The number of carbonyl (C=O) groups is 4. The van der Waals surface area contributed by atoms with Crippen LogP contribution in [0.1, 0.15) is 57.3 Å². The third-order valence-electron chi connectivity index (χ3n) is 8.01. The summed E-state index contributed by atoms with van der Waals surface area (Å²) in [4.78, 5) is 52.6. The number of rotatable bonds is 8. The summed E-state index contributed by atoms with van der Waals surface area (Å²) in [6.07, 6.45) is 2.04. The Labute approximate surface area is 268 Å². The van der Waals surface area contributed by atoms with E-state index in [9.17, 15) is 19.2 Å². The number of hydrogen-bond acceptors (Lipinski definition) is 8. The topological polar surface area (TPSA) is 133 Å². The molecule has 0 unspecified atom stereocenters. The second-order valence-corrected chi connectivity index (χ2v) is 11.9. The minimum atomic E-state index is -1.10. The maximum atomic E-state index is 13.3. The normalized spacial score (nSPS) is 27.8. The van der Waals surface area contributed by atoms with Crippen molar-refractivity contribution in [3.05, 3.63) is 76.8 Å². The number of epoxide rings is 1. The monoisotopic (exact) mass is 640 g/mol. The average Bonchev–Trinajstić information content (AvgIpc) is 3.83. The number of amides is 2. The highest BCUT2D eigenvalue weighted by atomic mass is 35.5. The predicted molar refractivity (Wildman–Crippen MR) is 167 cm³/mol. The fourth-order valence-corrected chi connectivity index (χ4v) is 5.54. The summed E-state index contributed by atoms with van der Waals surface area (Å²) in [6, 6.07) is 13.9. The van der Waals surface area contributed by atoms with Crippen molar-refractivity contribution in [2.75, 3.05) is 13.7 Å². The highest BCUT2D eigenvalue weighted by Gasteiger charge is 2.47. The van der Waals surface area contributed by atoms with Crippen LogP contribution in [0.25, 0.3) is 0 Å². The molecule has 0 radical (unpaired) electrons. The van der Waals surface area contributed by atoms with Crippen LogP contribution in [-0.2, 0) is 39.8 Å². The van der Waals surface area contributed by atoms with Crippen molar-refractivity contribution in [1.82, 2.24) is 10.6 Å². The lowest BCUT2D eigenvalue weighted by atomic mass is 9.93. The van der Waals surface area contributed by atoms with Gasteiger partial charge >= 0.3 is 11.9 Å². The van der Waals surface area contributed by atoms with Gasteiger partial charge in [-0.05, 0) is 35.8 Å². The minimum absolute atomic E-state index is 0.0588. The second-order valence-electron chi connectivity index (χ2n) is 11.5. The van der Waals surface area contributed by atoms with Crippen LogP contribution in [0.5, 0.6) is 5.75 Å². The van der Waals surface area contributed by atoms with Gasteiger partial charge in [-0.3, -0.25) is 14.4 Å². The van der Waals surface area contributed by atoms with Gasteiger partial charge in [0.25, 0.3) is 0 Å². The molecular formula is C34H41ClN2O8. The van der Waals surface area contributed by atoms with E-state index in [1.54, 1.807) is 31.2 Å². The van der Waals surface area contributed by atoms with E-state index < -0.39 is 47.9 Å². The van der Waals surface area contributed by atoms with E-state index in [2.05, 4.69) is 10.6 Å². The summed E-state index contributed by atoms with van der Waals surface area (Å²) >= 11 is 6.29. The van der Waals surface area contributed by atoms with Crippen LogP contribution in [0.15, 0.2) is 60.7 Å². The van der Waals surface area contributed by atoms with Crippen LogP contribution in [0.2, 0.25) is 5.02 Å². The molecule has 2 heterocycles. The van der Waals surface area contributed by atoms with E-state index in [1.807, 2.05) is 44.2 Å². The van der Waals surface area contributed by atoms with Crippen molar-refractivity contribution >= 4 is 35.4 Å². The van der Waals surface area contributed by atoms with E-state index in [-0.39, 0.29) is 43.9 Å². The molecule has 4 rings (SSSR count). The highest BCUT2D eigenvalue weighted by Crippen LogP contribution is 2.45. The van der Waals surface area contributed by atoms with Gasteiger partial charge in [0.2, 0.25) is 11.8 Å². The van der Waals surface area contributed by atoms with Crippen LogP contribution in [0.3, 0.4) is 0 Å². The van der Waals surface area contributed by atoms with Crippen LogP contribution >= 0.6 is 11.6 Å². The number of cyclic esters (lactones) is 2. The maximum absolute atomic E-state index is 13.3. The highest BCUT2D eigenvalue weighted by molar-refractivity contribution is 6.32. The number of ether oxygens (including phenoxy) is 4. The molecule has 2 amide bonds. The molecule has 7 atom stereocenters. The molecule has 10 nitrogen and oxygen atoms in total. The van der Waals surface area contributed by atoms with Gasteiger partial charge in [-0.15, -0.1) is 0 Å². The van der Waals surface area contributed by atoms with Crippen LogP contribution in [0.4, 0.5) is 0 Å². The van der Waals surface area contributed by atoms with Crippen molar-refractivity contribution < 1.29 is 38.1 Å². The molecule has 1 fully saturated rings. The molecule has 0 spiro atoms. The van der Waals surface area contributed by atoms with Crippen molar-refractivity contribution in [3.8, 4) is 5.75 Å². The quantitative estimate of drug-likeness (QED) is 0.319.